The molecule has 2 nitrogen and oxygen atoms in total. The van der Waals surface area contributed by atoms with Crippen molar-refractivity contribution in [3.05, 3.63) is 52.6 Å². The summed E-state index contributed by atoms with van der Waals surface area (Å²) in [6.07, 6.45) is 0. The fraction of sp³-hybridized carbons (Fsp3) is 0.267. The van der Waals surface area contributed by atoms with E-state index in [4.69, 9.17) is 11.6 Å². The molecule has 1 aromatic heterocycles. The Balaban J connectivity index is 2.62. The lowest BCUT2D eigenvalue weighted by molar-refractivity contribution is 0.102. The van der Waals surface area contributed by atoms with Gasteiger partial charge in [-0.05, 0) is 50.6 Å². The number of nitrogens with zero attached hydrogens (tertiary/aromatic N) is 1. The molecule has 0 aliphatic heterocycles. The lowest BCUT2D eigenvalue weighted by Crippen LogP contribution is -2.04. The van der Waals surface area contributed by atoms with Crippen molar-refractivity contribution in [3.63, 3.8) is 0 Å². The summed E-state index contributed by atoms with van der Waals surface area (Å²) in [6, 6.07) is 6.61. The lowest BCUT2D eigenvalue weighted by atomic mass is 10.2. The molecular weight excluding hydrogens is 265 g/mol. The number of benzene rings is 1. The van der Waals surface area contributed by atoms with Crippen molar-refractivity contribution in [2.45, 2.75) is 20.8 Å². The number of Topliss-reactive ketones (excluding diaryl/α,β-unsaturated/α-hetero) is 1. The molecule has 2 aromatic rings. The normalized spacial score (nSPS) is 10.8. The third-order valence-corrected chi connectivity index (χ3v) is 3.38. The highest BCUT2D eigenvalue weighted by atomic mass is 35.5. The Bertz CT molecular complexity index is 626. The SMILES string of the molecule is Cc1cc(F)cc(-n2c(C)cc(C(=O)CCl)c2C)c1. The van der Waals surface area contributed by atoms with Crippen molar-refractivity contribution in [1.29, 1.82) is 0 Å². The number of hydrogen-bond donors (Lipinski definition) is 0. The van der Waals surface area contributed by atoms with Crippen LogP contribution < -0.4 is 0 Å². The smallest absolute Gasteiger partial charge is 0.179 e. The number of hydrogen-bond acceptors (Lipinski definition) is 1. The number of carbonyl (C=O) groups excluding carboxylic acids is 1. The van der Waals surface area contributed by atoms with Gasteiger partial charge < -0.3 is 4.57 Å². The highest BCUT2D eigenvalue weighted by Gasteiger charge is 2.16. The molecule has 2 rings (SSSR count). The Labute approximate surface area is 116 Å². The average molecular weight is 280 g/mol. The molecular formula is C15H15ClFNO. The van der Waals surface area contributed by atoms with Crippen molar-refractivity contribution in [1.82, 2.24) is 4.57 Å². The Morgan fingerprint density at radius 1 is 1.21 bits per heavy atom. The zero-order valence-corrected chi connectivity index (χ0v) is 11.9. The molecule has 0 saturated heterocycles. The number of carbonyl (C=O) groups is 1. The minimum absolute atomic E-state index is 0.0491. The first-order chi connectivity index (χ1) is 8.93. The standard InChI is InChI=1S/C15H15ClFNO/c1-9-4-12(17)7-13(5-9)18-10(2)6-14(11(18)3)15(19)8-16/h4-7H,8H2,1-3H3. The molecule has 0 aliphatic rings. The molecule has 0 aliphatic carbocycles. The first-order valence-electron chi connectivity index (χ1n) is 5.99. The zero-order valence-electron chi connectivity index (χ0n) is 11.1. The van der Waals surface area contributed by atoms with E-state index in [1.54, 1.807) is 6.07 Å². The second-order valence-electron chi connectivity index (χ2n) is 4.66. The second kappa shape index (κ2) is 5.17. The van der Waals surface area contributed by atoms with Crippen LogP contribution in [0.15, 0.2) is 24.3 Å². The topological polar surface area (TPSA) is 22.0 Å². The highest BCUT2D eigenvalue weighted by Crippen LogP contribution is 2.23. The molecule has 1 aromatic carbocycles. The Morgan fingerprint density at radius 3 is 2.47 bits per heavy atom. The lowest BCUT2D eigenvalue weighted by Gasteiger charge is -2.11. The number of aryl methyl sites for hydroxylation is 2. The maximum Gasteiger partial charge on any atom is 0.179 e. The average Bonchev–Trinajstić information content (AvgIpc) is 2.62. The number of aromatic nitrogens is 1. The molecule has 19 heavy (non-hydrogen) atoms. The molecule has 0 atom stereocenters. The number of halogens is 2. The molecule has 100 valence electrons. The van der Waals surface area contributed by atoms with Crippen LogP contribution in [0.5, 0.6) is 0 Å². The van der Waals surface area contributed by atoms with Crippen LogP contribution in [0.1, 0.15) is 27.3 Å². The van der Waals surface area contributed by atoms with Crippen molar-refractivity contribution in [2.75, 3.05) is 5.88 Å². The van der Waals surface area contributed by atoms with Crippen LogP contribution in [0.2, 0.25) is 0 Å². The molecule has 4 heteroatoms. The van der Waals surface area contributed by atoms with Gasteiger partial charge in [0.05, 0.1) is 5.88 Å². The predicted molar refractivity (Wildman–Crippen MR) is 75.0 cm³/mol. The van der Waals surface area contributed by atoms with Crippen molar-refractivity contribution >= 4 is 17.4 Å². The molecule has 1 heterocycles. The van der Waals surface area contributed by atoms with Gasteiger partial charge in [-0.2, -0.15) is 0 Å². The largest absolute Gasteiger partial charge is 0.318 e. The first kappa shape index (κ1) is 13.8. The maximum atomic E-state index is 13.5. The fourth-order valence-corrected chi connectivity index (χ4v) is 2.50. The molecule has 0 amide bonds. The first-order valence-corrected chi connectivity index (χ1v) is 6.53. The van der Waals surface area contributed by atoms with Gasteiger partial charge in [-0.25, -0.2) is 4.39 Å². The Hall–Kier alpha value is -1.61. The number of ketones is 1. The summed E-state index contributed by atoms with van der Waals surface area (Å²) >= 11 is 5.60. The quantitative estimate of drug-likeness (QED) is 0.616. The van der Waals surface area contributed by atoms with Crippen molar-refractivity contribution in [3.8, 4) is 5.69 Å². The molecule has 0 bridgehead atoms. The van der Waals surface area contributed by atoms with Crippen LogP contribution in [-0.2, 0) is 0 Å². The van der Waals surface area contributed by atoms with Crippen LogP contribution in [-0.4, -0.2) is 16.2 Å². The van der Waals surface area contributed by atoms with Gasteiger partial charge in [-0.15, -0.1) is 11.6 Å². The summed E-state index contributed by atoms with van der Waals surface area (Å²) in [5, 5.41) is 0. The summed E-state index contributed by atoms with van der Waals surface area (Å²) in [6.45, 7) is 5.57. The van der Waals surface area contributed by atoms with E-state index >= 15 is 0 Å². The maximum absolute atomic E-state index is 13.5. The number of alkyl halides is 1. The van der Waals surface area contributed by atoms with Gasteiger partial charge in [0.1, 0.15) is 5.82 Å². The van der Waals surface area contributed by atoms with Crippen molar-refractivity contribution in [2.24, 2.45) is 0 Å². The Kier molecular flexibility index (Phi) is 3.76. The molecule has 0 spiro atoms. The number of rotatable bonds is 3. The van der Waals surface area contributed by atoms with E-state index in [2.05, 4.69) is 0 Å². The minimum atomic E-state index is -0.285. The van der Waals surface area contributed by atoms with Gasteiger partial charge in [0, 0.05) is 22.6 Å². The summed E-state index contributed by atoms with van der Waals surface area (Å²) in [4.78, 5) is 11.7. The van der Waals surface area contributed by atoms with E-state index < -0.39 is 0 Å². The highest BCUT2D eigenvalue weighted by molar-refractivity contribution is 6.30. The minimum Gasteiger partial charge on any atom is -0.318 e. The predicted octanol–water partition coefficient (Wildman–Crippen LogP) is 3.96. The van der Waals surface area contributed by atoms with Crippen molar-refractivity contribution < 1.29 is 9.18 Å². The van der Waals surface area contributed by atoms with Crippen LogP contribution in [0.3, 0.4) is 0 Å². The van der Waals surface area contributed by atoms with E-state index in [-0.39, 0.29) is 17.5 Å². The third kappa shape index (κ3) is 2.56. The Morgan fingerprint density at radius 2 is 1.89 bits per heavy atom. The van der Waals surface area contributed by atoms with E-state index in [0.29, 0.717) is 5.56 Å². The molecule has 0 unspecified atom stereocenters. The second-order valence-corrected chi connectivity index (χ2v) is 4.93. The van der Waals surface area contributed by atoms with E-state index in [9.17, 15) is 9.18 Å². The molecule has 0 fully saturated rings. The van der Waals surface area contributed by atoms with E-state index in [0.717, 1.165) is 22.6 Å². The summed E-state index contributed by atoms with van der Waals surface area (Å²) in [5.41, 5.74) is 3.83. The van der Waals surface area contributed by atoms with Gasteiger partial charge in [0.15, 0.2) is 5.78 Å². The molecule has 0 N–H and O–H groups in total. The van der Waals surface area contributed by atoms with Gasteiger partial charge in [-0.3, -0.25) is 4.79 Å². The fourth-order valence-electron chi connectivity index (χ4n) is 2.36. The summed E-state index contributed by atoms with van der Waals surface area (Å²) in [7, 11) is 0. The molecule has 0 saturated carbocycles. The van der Waals surface area contributed by atoms with Gasteiger partial charge in [-0.1, -0.05) is 0 Å². The monoisotopic (exact) mass is 279 g/mol. The zero-order chi connectivity index (χ0) is 14.2. The van der Waals surface area contributed by atoms with Gasteiger partial charge in [0.2, 0.25) is 0 Å². The third-order valence-electron chi connectivity index (χ3n) is 3.14. The van der Waals surface area contributed by atoms with Crippen LogP contribution in [0, 0.1) is 26.6 Å². The van der Waals surface area contributed by atoms with Crippen LogP contribution >= 0.6 is 11.6 Å². The molecule has 0 radical (unpaired) electrons. The summed E-state index contributed by atoms with van der Waals surface area (Å²) in [5.74, 6) is -0.450. The van der Waals surface area contributed by atoms with Gasteiger partial charge >= 0.3 is 0 Å². The van der Waals surface area contributed by atoms with Crippen LogP contribution in [0.25, 0.3) is 5.69 Å². The van der Waals surface area contributed by atoms with Crippen LogP contribution in [0.4, 0.5) is 4.39 Å². The van der Waals surface area contributed by atoms with E-state index in [1.807, 2.05) is 31.4 Å². The van der Waals surface area contributed by atoms with Gasteiger partial charge in [0.25, 0.3) is 0 Å². The summed E-state index contributed by atoms with van der Waals surface area (Å²) < 4.78 is 15.4. The van der Waals surface area contributed by atoms with E-state index in [1.165, 1.54) is 12.1 Å².